The van der Waals surface area contributed by atoms with Gasteiger partial charge in [0, 0.05) is 28.3 Å². The van der Waals surface area contributed by atoms with Crippen LogP contribution in [0.4, 0.5) is 11.4 Å². The highest BCUT2D eigenvalue weighted by molar-refractivity contribution is 6.04. The number of Topliss-reactive ketones (excluding diaryl/α,β-unsaturated/α-hetero) is 1. The van der Waals surface area contributed by atoms with Crippen LogP contribution in [0.3, 0.4) is 0 Å². The number of aromatic hydroxyl groups is 1. The molecule has 10 heteroatoms. The second kappa shape index (κ2) is 8.81. The molecule has 0 radical (unpaired) electrons. The number of ketones is 1. The summed E-state index contributed by atoms with van der Waals surface area (Å²) < 4.78 is 5.23. The van der Waals surface area contributed by atoms with Gasteiger partial charge in [-0.3, -0.25) is 25.0 Å². The smallest absolute Gasteiger partial charge is 0.270 e. The molecule has 0 amide bonds. The van der Waals surface area contributed by atoms with E-state index < -0.39 is 34.7 Å². The lowest BCUT2D eigenvalue weighted by molar-refractivity contribution is -0.524. The predicted molar refractivity (Wildman–Crippen MR) is 131 cm³/mol. The van der Waals surface area contributed by atoms with Gasteiger partial charge in [0.15, 0.2) is 17.3 Å². The average Bonchev–Trinajstić information content (AvgIpc) is 3.24. The number of phenolic OH excluding ortho intramolecular Hbond substituents is 1. The Labute approximate surface area is 205 Å². The third-order valence-electron chi connectivity index (χ3n) is 6.81. The van der Waals surface area contributed by atoms with Crippen LogP contribution in [-0.2, 0) is 0 Å². The molecule has 0 saturated carbocycles. The van der Waals surface area contributed by atoms with Crippen molar-refractivity contribution in [3.8, 4) is 11.5 Å². The third kappa shape index (κ3) is 3.63. The lowest BCUT2D eigenvalue weighted by atomic mass is 9.83. The standard InChI is InChI=1S/C26H21N3O7/c1-36-22-14-16(10-12-21(22)30)23-24(29(34)35)20-11-9-15-5-2-3-8-19(15)27(20)25(23)26(31)17-6-4-7-18(13-17)28(32)33/h2-14,20,23-25,30H,1H3/t20-,23-,24-,25+/m0/s1. The molecule has 1 saturated heterocycles. The second-order valence-electron chi connectivity index (χ2n) is 8.67. The van der Waals surface area contributed by atoms with Gasteiger partial charge >= 0.3 is 0 Å². The van der Waals surface area contributed by atoms with Crippen LogP contribution in [-0.4, -0.2) is 46.0 Å². The van der Waals surface area contributed by atoms with E-state index in [1.807, 2.05) is 18.2 Å². The maximum absolute atomic E-state index is 14.1. The quantitative estimate of drug-likeness (QED) is 0.310. The Balaban J connectivity index is 1.73. The van der Waals surface area contributed by atoms with E-state index in [1.54, 1.807) is 29.2 Å². The van der Waals surface area contributed by atoms with Crippen LogP contribution in [0.25, 0.3) is 6.08 Å². The van der Waals surface area contributed by atoms with Crippen molar-refractivity contribution in [1.29, 1.82) is 0 Å². The highest BCUT2D eigenvalue weighted by Gasteiger charge is 2.59. The minimum Gasteiger partial charge on any atom is -0.504 e. The fourth-order valence-corrected chi connectivity index (χ4v) is 5.27. The Kier molecular flexibility index (Phi) is 5.63. The molecule has 0 aliphatic carbocycles. The maximum atomic E-state index is 14.1. The Bertz CT molecular complexity index is 1420. The van der Waals surface area contributed by atoms with E-state index >= 15 is 0 Å². The first-order chi connectivity index (χ1) is 17.3. The first-order valence-electron chi connectivity index (χ1n) is 11.2. The topological polar surface area (TPSA) is 136 Å². The highest BCUT2D eigenvalue weighted by Crippen LogP contribution is 2.48. The molecule has 0 aromatic heterocycles. The van der Waals surface area contributed by atoms with Crippen LogP contribution in [0.5, 0.6) is 11.5 Å². The number of nitrogens with zero attached hydrogens (tertiary/aromatic N) is 3. The molecule has 5 rings (SSSR count). The van der Waals surface area contributed by atoms with Gasteiger partial charge in [-0.1, -0.05) is 48.6 Å². The van der Waals surface area contributed by atoms with Crippen LogP contribution >= 0.6 is 0 Å². The summed E-state index contributed by atoms with van der Waals surface area (Å²) in [6, 6.07) is 14.1. The number of nitro groups is 2. The van der Waals surface area contributed by atoms with Crippen molar-refractivity contribution >= 4 is 23.2 Å². The second-order valence-corrected chi connectivity index (χ2v) is 8.67. The molecule has 3 aromatic rings. The zero-order valence-electron chi connectivity index (χ0n) is 19.1. The van der Waals surface area contributed by atoms with Gasteiger partial charge in [0.25, 0.3) is 5.69 Å². The Hall–Kier alpha value is -4.73. The largest absolute Gasteiger partial charge is 0.504 e. The Morgan fingerprint density at radius 3 is 2.53 bits per heavy atom. The minimum atomic E-state index is -1.21. The third-order valence-corrected chi connectivity index (χ3v) is 6.81. The van der Waals surface area contributed by atoms with Crippen LogP contribution in [0.2, 0.25) is 0 Å². The number of methoxy groups -OCH3 is 1. The number of nitro benzene ring substituents is 1. The predicted octanol–water partition coefficient (Wildman–Crippen LogP) is 4.21. The van der Waals surface area contributed by atoms with E-state index in [9.17, 15) is 30.1 Å². The maximum Gasteiger partial charge on any atom is 0.270 e. The van der Waals surface area contributed by atoms with Crippen molar-refractivity contribution in [3.05, 3.63) is 110 Å². The van der Waals surface area contributed by atoms with Gasteiger partial charge in [-0.15, -0.1) is 0 Å². The average molecular weight is 487 g/mol. The summed E-state index contributed by atoms with van der Waals surface area (Å²) in [5, 5.41) is 34.0. The molecule has 2 aliphatic heterocycles. The molecule has 10 nitrogen and oxygen atoms in total. The van der Waals surface area contributed by atoms with Crippen molar-refractivity contribution < 1.29 is 24.5 Å². The van der Waals surface area contributed by atoms with Gasteiger partial charge < -0.3 is 14.7 Å². The van der Waals surface area contributed by atoms with Crippen molar-refractivity contribution in [1.82, 2.24) is 0 Å². The van der Waals surface area contributed by atoms with Gasteiger partial charge in [-0.2, -0.15) is 0 Å². The van der Waals surface area contributed by atoms with E-state index in [-0.39, 0.29) is 27.7 Å². The lowest BCUT2D eigenvalue weighted by Crippen LogP contribution is -2.44. The van der Waals surface area contributed by atoms with Crippen molar-refractivity contribution in [2.75, 3.05) is 12.0 Å². The van der Waals surface area contributed by atoms with E-state index in [0.717, 1.165) is 5.56 Å². The van der Waals surface area contributed by atoms with Crippen LogP contribution < -0.4 is 9.64 Å². The zero-order chi connectivity index (χ0) is 25.6. The van der Waals surface area contributed by atoms with E-state index in [2.05, 4.69) is 0 Å². The molecule has 0 unspecified atom stereocenters. The number of fused-ring (bicyclic) bond motifs is 3. The number of benzene rings is 3. The molecule has 0 spiro atoms. The van der Waals surface area contributed by atoms with Crippen LogP contribution in [0, 0.1) is 20.2 Å². The molecule has 1 fully saturated rings. The van der Waals surface area contributed by atoms with Crippen molar-refractivity contribution in [2.24, 2.45) is 0 Å². The number of carbonyl (C=O) groups excluding carboxylic acids is 1. The Morgan fingerprint density at radius 1 is 1.03 bits per heavy atom. The highest BCUT2D eigenvalue weighted by atomic mass is 16.6. The summed E-state index contributed by atoms with van der Waals surface area (Å²) in [6.45, 7) is 0. The molecule has 36 heavy (non-hydrogen) atoms. The molecular weight excluding hydrogens is 466 g/mol. The molecule has 3 aromatic carbocycles. The Morgan fingerprint density at radius 2 is 1.81 bits per heavy atom. The van der Waals surface area contributed by atoms with Crippen molar-refractivity contribution in [2.45, 2.75) is 24.0 Å². The molecule has 0 bridgehead atoms. The summed E-state index contributed by atoms with van der Waals surface area (Å²) in [7, 11) is 1.37. The number of ether oxygens (including phenoxy) is 1. The normalized spacial score (nSPS) is 22.0. The number of para-hydroxylation sites is 1. The lowest BCUT2D eigenvalue weighted by Gasteiger charge is -2.34. The number of hydrogen-bond donors (Lipinski definition) is 1. The van der Waals surface area contributed by atoms with E-state index in [4.69, 9.17) is 4.74 Å². The first kappa shape index (κ1) is 23.0. The zero-order valence-corrected chi connectivity index (χ0v) is 19.1. The molecule has 2 heterocycles. The summed E-state index contributed by atoms with van der Waals surface area (Å²) in [4.78, 5) is 38.7. The molecule has 182 valence electrons. The summed E-state index contributed by atoms with van der Waals surface area (Å²) in [6.07, 6.45) is 3.53. The summed E-state index contributed by atoms with van der Waals surface area (Å²) >= 11 is 0. The van der Waals surface area contributed by atoms with Gasteiger partial charge in [-0.25, -0.2) is 0 Å². The number of anilines is 1. The van der Waals surface area contributed by atoms with Gasteiger partial charge in [0.1, 0.15) is 12.1 Å². The number of hydrogen-bond acceptors (Lipinski definition) is 8. The molecule has 2 aliphatic rings. The van der Waals surface area contributed by atoms with Gasteiger partial charge in [0.05, 0.1) is 18.0 Å². The molecule has 1 N–H and O–H groups in total. The van der Waals surface area contributed by atoms with Crippen LogP contribution in [0.15, 0.2) is 72.8 Å². The summed E-state index contributed by atoms with van der Waals surface area (Å²) in [5.41, 5.74) is 1.74. The number of phenols is 1. The van der Waals surface area contributed by atoms with Gasteiger partial charge in [0.2, 0.25) is 6.04 Å². The van der Waals surface area contributed by atoms with E-state index in [1.165, 1.54) is 43.5 Å². The number of non-ortho nitro benzene ring substituents is 1. The SMILES string of the molecule is COc1cc([C@H]2[C@@H]([N+](=O)[O-])[C@@H]3C=Cc4ccccc4N3[C@H]2C(=O)c2cccc([N+](=O)[O-])c2)ccc1O. The number of rotatable bonds is 6. The summed E-state index contributed by atoms with van der Waals surface area (Å²) in [5.74, 6) is -1.43. The monoisotopic (exact) mass is 487 g/mol. The van der Waals surface area contributed by atoms with Gasteiger partial charge in [-0.05, 0) is 29.3 Å². The molecular formula is C26H21N3O7. The minimum absolute atomic E-state index is 0.0831. The fourth-order valence-electron chi connectivity index (χ4n) is 5.27. The number of carbonyl (C=O) groups is 1. The fraction of sp³-hybridized carbons (Fsp3) is 0.192. The molecule has 4 atom stereocenters. The van der Waals surface area contributed by atoms with Crippen LogP contribution in [0.1, 0.15) is 27.4 Å². The first-order valence-corrected chi connectivity index (χ1v) is 11.2. The van der Waals surface area contributed by atoms with Crippen molar-refractivity contribution in [3.63, 3.8) is 0 Å². The van der Waals surface area contributed by atoms with E-state index in [0.29, 0.717) is 11.3 Å².